The summed E-state index contributed by atoms with van der Waals surface area (Å²) >= 11 is 0. The molecule has 0 unspecified atom stereocenters. The van der Waals surface area contributed by atoms with E-state index in [2.05, 4.69) is 15.1 Å². The molecule has 0 aliphatic heterocycles. The number of aryl methyl sites for hydroxylation is 1. The highest BCUT2D eigenvalue weighted by atomic mass is 16.3. The number of hydrogen-bond donors (Lipinski definition) is 1. The molecule has 11 heavy (non-hydrogen) atoms. The van der Waals surface area contributed by atoms with Crippen LogP contribution >= 0.6 is 0 Å². The molecule has 5 heteroatoms. The Kier molecular flexibility index (Phi) is 1.06. The van der Waals surface area contributed by atoms with Crippen LogP contribution in [0, 0.1) is 6.92 Å². The van der Waals surface area contributed by atoms with Crippen LogP contribution in [0.4, 0.5) is 0 Å². The monoisotopic (exact) mass is 150 g/mol. The minimum atomic E-state index is 0.0856. The fourth-order valence-corrected chi connectivity index (χ4v) is 0.876. The maximum absolute atomic E-state index is 8.99. The Balaban J connectivity index is 2.82. The van der Waals surface area contributed by atoms with Gasteiger partial charge in [-0.1, -0.05) is 0 Å². The zero-order valence-corrected chi connectivity index (χ0v) is 5.89. The van der Waals surface area contributed by atoms with Crippen molar-refractivity contribution in [2.45, 2.75) is 6.92 Å². The standard InChI is InChI=1S/C6H6N4O/c1-4-8-6-7-2-5(11)3-10(6)9-4/h2-3,11H,1H3. The van der Waals surface area contributed by atoms with Crippen molar-refractivity contribution in [2.24, 2.45) is 0 Å². The highest BCUT2D eigenvalue weighted by molar-refractivity contribution is 5.28. The lowest BCUT2D eigenvalue weighted by Crippen LogP contribution is -1.88. The Morgan fingerprint density at radius 3 is 3.18 bits per heavy atom. The summed E-state index contributed by atoms with van der Waals surface area (Å²) in [6.07, 6.45) is 2.80. The number of nitrogens with zero attached hydrogens (tertiary/aromatic N) is 4. The summed E-state index contributed by atoms with van der Waals surface area (Å²) in [4.78, 5) is 7.82. The molecule has 0 bridgehead atoms. The van der Waals surface area contributed by atoms with Crippen molar-refractivity contribution < 1.29 is 5.11 Å². The van der Waals surface area contributed by atoms with Gasteiger partial charge in [-0.2, -0.15) is 10.1 Å². The molecule has 0 radical (unpaired) electrons. The average Bonchev–Trinajstić information content (AvgIpc) is 2.27. The van der Waals surface area contributed by atoms with Crippen LogP contribution in [0.1, 0.15) is 5.82 Å². The second-order valence-electron chi connectivity index (χ2n) is 2.22. The lowest BCUT2D eigenvalue weighted by atomic mass is 10.6. The van der Waals surface area contributed by atoms with E-state index in [1.54, 1.807) is 6.92 Å². The highest BCUT2D eigenvalue weighted by Gasteiger charge is 1.99. The predicted molar refractivity (Wildman–Crippen MR) is 37.2 cm³/mol. The Morgan fingerprint density at radius 2 is 2.36 bits per heavy atom. The van der Waals surface area contributed by atoms with Crippen LogP contribution in [0.5, 0.6) is 5.75 Å². The fraction of sp³-hybridized carbons (Fsp3) is 0.167. The third-order valence-electron chi connectivity index (χ3n) is 1.29. The summed E-state index contributed by atoms with van der Waals surface area (Å²) < 4.78 is 1.44. The van der Waals surface area contributed by atoms with Gasteiger partial charge >= 0.3 is 0 Å². The summed E-state index contributed by atoms with van der Waals surface area (Å²) in [6.45, 7) is 1.77. The van der Waals surface area contributed by atoms with Gasteiger partial charge < -0.3 is 5.11 Å². The molecule has 2 heterocycles. The highest BCUT2D eigenvalue weighted by Crippen LogP contribution is 2.05. The van der Waals surface area contributed by atoms with E-state index in [-0.39, 0.29) is 5.75 Å². The molecular weight excluding hydrogens is 144 g/mol. The van der Waals surface area contributed by atoms with Gasteiger partial charge in [-0.25, -0.2) is 9.50 Å². The number of aromatic nitrogens is 4. The summed E-state index contributed by atoms with van der Waals surface area (Å²) in [7, 11) is 0. The molecule has 0 atom stereocenters. The predicted octanol–water partition coefficient (Wildman–Crippen LogP) is 0.138. The summed E-state index contributed by atoms with van der Waals surface area (Å²) in [6, 6.07) is 0. The number of fused-ring (bicyclic) bond motifs is 1. The molecule has 0 fully saturated rings. The zero-order valence-electron chi connectivity index (χ0n) is 5.89. The van der Waals surface area contributed by atoms with Crippen molar-refractivity contribution in [3.8, 4) is 5.75 Å². The molecule has 5 nitrogen and oxygen atoms in total. The Hall–Kier alpha value is -1.65. The fourth-order valence-electron chi connectivity index (χ4n) is 0.876. The molecule has 2 aromatic heterocycles. The van der Waals surface area contributed by atoms with Gasteiger partial charge in [-0.05, 0) is 6.92 Å². The van der Waals surface area contributed by atoms with E-state index in [0.717, 1.165) is 0 Å². The molecule has 1 N–H and O–H groups in total. The first-order valence-corrected chi connectivity index (χ1v) is 3.14. The van der Waals surface area contributed by atoms with E-state index in [0.29, 0.717) is 11.6 Å². The summed E-state index contributed by atoms with van der Waals surface area (Å²) in [5.41, 5.74) is 0. The molecule has 0 saturated heterocycles. The maximum atomic E-state index is 8.99. The molecule has 2 rings (SSSR count). The summed E-state index contributed by atoms with van der Waals surface area (Å²) in [5, 5.41) is 12.9. The van der Waals surface area contributed by atoms with Crippen LogP contribution in [-0.2, 0) is 0 Å². The molecule has 0 amide bonds. The topological polar surface area (TPSA) is 63.3 Å². The van der Waals surface area contributed by atoms with Crippen molar-refractivity contribution in [2.75, 3.05) is 0 Å². The van der Waals surface area contributed by atoms with E-state index in [1.165, 1.54) is 16.9 Å². The van der Waals surface area contributed by atoms with Crippen LogP contribution in [0.2, 0.25) is 0 Å². The van der Waals surface area contributed by atoms with Crippen LogP contribution in [-0.4, -0.2) is 24.7 Å². The van der Waals surface area contributed by atoms with Gasteiger partial charge in [0.15, 0.2) is 5.75 Å². The SMILES string of the molecule is Cc1nc2ncc(O)cn2n1. The van der Waals surface area contributed by atoms with Gasteiger partial charge in [-0.15, -0.1) is 0 Å². The second-order valence-corrected chi connectivity index (χ2v) is 2.22. The van der Waals surface area contributed by atoms with Crippen molar-refractivity contribution in [3.05, 3.63) is 18.2 Å². The van der Waals surface area contributed by atoms with E-state index in [4.69, 9.17) is 5.11 Å². The van der Waals surface area contributed by atoms with Crippen molar-refractivity contribution >= 4 is 5.78 Å². The Bertz CT molecular complexity index is 394. The first-order valence-electron chi connectivity index (χ1n) is 3.14. The third kappa shape index (κ3) is 0.899. The molecule has 56 valence electrons. The molecule has 0 saturated carbocycles. The third-order valence-corrected chi connectivity index (χ3v) is 1.29. The molecule has 0 spiro atoms. The van der Waals surface area contributed by atoms with Crippen LogP contribution < -0.4 is 0 Å². The van der Waals surface area contributed by atoms with Gasteiger partial charge in [0.1, 0.15) is 5.82 Å². The quantitative estimate of drug-likeness (QED) is 0.580. The minimum absolute atomic E-state index is 0.0856. The number of rotatable bonds is 0. The van der Waals surface area contributed by atoms with Gasteiger partial charge in [0.05, 0.1) is 12.4 Å². The first kappa shape index (κ1) is 6.09. The average molecular weight is 150 g/mol. The second kappa shape index (κ2) is 1.91. The normalized spacial score (nSPS) is 10.6. The lowest BCUT2D eigenvalue weighted by Gasteiger charge is -1.89. The minimum Gasteiger partial charge on any atom is -0.505 e. The number of aromatic hydroxyl groups is 1. The summed E-state index contributed by atoms with van der Waals surface area (Å²) in [5.74, 6) is 1.23. The van der Waals surface area contributed by atoms with Gasteiger partial charge in [-0.3, -0.25) is 0 Å². The smallest absolute Gasteiger partial charge is 0.252 e. The molecule has 0 aliphatic carbocycles. The number of hydrogen-bond acceptors (Lipinski definition) is 4. The van der Waals surface area contributed by atoms with E-state index < -0.39 is 0 Å². The molecule has 0 aromatic carbocycles. The van der Waals surface area contributed by atoms with Crippen LogP contribution in [0.15, 0.2) is 12.4 Å². The molecule has 2 aromatic rings. The maximum Gasteiger partial charge on any atom is 0.252 e. The molecular formula is C6H6N4O. The van der Waals surface area contributed by atoms with E-state index in [1.807, 2.05) is 0 Å². The zero-order chi connectivity index (χ0) is 7.84. The Morgan fingerprint density at radius 1 is 1.55 bits per heavy atom. The van der Waals surface area contributed by atoms with Crippen molar-refractivity contribution in [1.82, 2.24) is 19.6 Å². The first-order chi connectivity index (χ1) is 5.25. The van der Waals surface area contributed by atoms with Gasteiger partial charge in [0.2, 0.25) is 0 Å². The van der Waals surface area contributed by atoms with Crippen molar-refractivity contribution in [3.63, 3.8) is 0 Å². The van der Waals surface area contributed by atoms with E-state index in [9.17, 15) is 0 Å². The lowest BCUT2D eigenvalue weighted by molar-refractivity contribution is 0.467. The Labute approximate surface area is 62.3 Å². The largest absolute Gasteiger partial charge is 0.505 e. The van der Waals surface area contributed by atoms with Crippen molar-refractivity contribution in [1.29, 1.82) is 0 Å². The van der Waals surface area contributed by atoms with Gasteiger partial charge in [0.25, 0.3) is 5.78 Å². The van der Waals surface area contributed by atoms with E-state index >= 15 is 0 Å². The van der Waals surface area contributed by atoms with Crippen LogP contribution in [0.25, 0.3) is 5.78 Å². The van der Waals surface area contributed by atoms with Crippen LogP contribution in [0.3, 0.4) is 0 Å². The van der Waals surface area contributed by atoms with Gasteiger partial charge in [0, 0.05) is 0 Å². The molecule has 0 aliphatic rings.